The molecule has 1 aromatic heterocycles. The van der Waals surface area contributed by atoms with E-state index in [2.05, 4.69) is 15.5 Å². The van der Waals surface area contributed by atoms with Gasteiger partial charge in [-0.15, -0.1) is 0 Å². The van der Waals surface area contributed by atoms with Gasteiger partial charge in [0.2, 0.25) is 0 Å². The molecule has 1 aromatic carbocycles. The molecule has 3 N–H and O–H groups in total. The fraction of sp³-hybridized carbons (Fsp3) is 0.417. The molecule has 2 aromatic rings. The zero-order valence-corrected chi connectivity index (χ0v) is 9.78. The van der Waals surface area contributed by atoms with Gasteiger partial charge in [0.25, 0.3) is 0 Å². The Hall–Kier alpha value is -1.55. The Bertz CT molecular complexity index is 484. The molecule has 4 nitrogen and oxygen atoms in total. The number of hydrogen-bond acceptors (Lipinski definition) is 3. The van der Waals surface area contributed by atoms with Crippen LogP contribution in [0, 0.1) is 0 Å². The molecule has 16 heavy (non-hydrogen) atoms. The van der Waals surface area contributed by atoms with E-state index in [0.717, 1.165) is 16.6 Å². The number of nitrogens with zero attached hydrogens (tertiary/aromatic N) is 1. The fourth-order valence-corrected chi connectivity index (χ4v) is 1.50. The Labute approximate surface area is 94.7 Å². The summed E-state index contributed by atoms with van der Waals surface area (Å²) in [5.74, 6) is 0. The summed E-state index contributed by atoms with van der Waals surface area (Å²) in [5, 5.41) is 21.1. The molecule has 2 rings (SSSR count). The zero-order chi connectivity index (χ0) is 11.8. The highest BCUT2D eigenvalue weighted by atomic mass is 16.3. The lowest BCUT2D eigenvalue weighted by Gasteiger charge is -2.27. The number of rotatable bonds is 3. The van der Waals surface area contributed by atoms with Gasteiger partial charge in [-0.2, -0.15) is 5.10 Å². The summed E-state index contributed by atoms with van der Waals surface area (Å²) in [7, 11) is 0. The van der Waals surface area contributed by atoms with Crippen molar-refractivity contribution in [3.8, 4) is 0 Å². The first-order valence-electron chi connectivity index (χ1n) is 5.39. The van der Waals surface area contributed by atoms with Crippen LogP contribution in [0.3, 0.4) is 0 Å². The van der Waals surface area contributed by atoms with Crippen LogP contribution in [-0.2, 0) is 0 Å². The number of hydrogen-bond donors (Lipinski definition) is 3. The first-order chi connectivity index (χ1) is 7.48. The maximum Gasteiger partial charge on any atom is 0.0789 e. The molecule has 0 aliphatic heterocycles. The molecule has 1 heterocycles. The van der Waals surface area contributed by atoms with Gasteiger partial charge in [0.05, 0.1) is 23.4 Å². The molecule has 86 valence electrons. The third kappa shape index (κ3) is 2.02. The lowest BCUT2D eigenvalue weighted by atomic mass is 10.0. The number of anilines is 1. The predicted molar refractivity (Wildman–Crippen MR) is 65.5 cm³/mol. The van der Waals surface area contributed by atoms with E-state index in [4.69, 9.17) is 0 Å². The normalized spacial score (nSPS) is 14.0. The van der Waals surface area contributed by atoms with Gasteiger partial charge in [-0.25, -0.2) is 0 Å². The van der Waals surface area contributed by atoms with E-state index in [0.29, 0.717) is 0 Å². The average molecular weight is 219 g/mol. The average Bonchev–Trinajstić information content (AvgIpc) is 2.65. The van der Waals surface area contributed by atoms with Crippen molar-refractivity contribution < 1.29 is 5.11 Å². The first-order valence-corrected chi connectivity index (χ1v) is 5.39. The molecule has 0 spiro atoms. The molecule has 0 radical (unpaired) electrons. The van der Waals surface area contributed by atoms with E-state index >= 15 is 0 Å². The van der Waals surface area contributed by atoms with E-state index in [9.17, 15) is 5.11 Å². The topological polar surface area (TPSA) is 60.9 Å². The Kier molecular flexibility index (Phi) is 2.59. The van der Waals surface area contributed by atoms with Crippen molar-refractivity contribution in [3.05, 3.63) is 24.4 Å². The molecule has 4 heteroatoms. The second-order valence-corrected chi connectivity index (χ2v) is 4.66. The first kappa shape index (κ1) is 11.0. The summed E-state index contributed by atoms with van der Waals surface area (Å²) in [5.41, 5.74) is 1.22. The minimum atomic E-state index is -0.758. The molecule has 0 bridgehead atoms. The maximum atomic E-state index is 9.88. The minimum Gasteiger partial charge on any atom is -0.388 e. The third-order valence-corrected chi connectivity index (χ3v) is 2.92. The number of H-pyrrole nitrogens is 1. The van der Waals surface area contributed by atoms with E-state index in [-0.39, 0.29) is 6.04 Å². The molecule has 1 unspecified atom stereocenters. The van der Waals surface area contributed by atoms with Gasteiger partial charge < -0.3 is 10.4 Å². The summed E-state index contributed by atoms with van der Waals surface area (Å²) in [4.78, 5) is 0. The highest BCUT2D eigenvalue weighted by Gasteiger charge is 2.22. The smallest absolute Gasteiger partial charge is 0.0789 e. The van der Waals surface area contributed by atoms with E-state index in [1.54, 1.807) is 20.0 Å². The number of aromatic amines is 1. The molecule has 0 amide bonds. The van der Waals surface area contributed by atoms with Crippen LogP contribution in [0.5, 0.6) is 0 Å². The van der Waals surface area contributed by atoms with Crippen molar-refractivity contribution >= 4 is 16.6 Å². The van der Waals surface area contributed by atoms with Gasteiger partial charge in [-0.3, -0.25) is 5.10 Å². The summed E-state index contributed by atoms with van der Waals surface area (Å²) >= 11 is 0. The Balaban J connectivity index is 2.31. The van der Waals surface area contributed by atoms with Crippen LogP contribution in [0.4, 0.5) is 5.69 Å². The van der Waals surface area contributed by atoms with Crippen LogP contribution in [0.25, 0.3) is 10.9 Å². The molecule has 1 atom stereocenters. The molecule has 0 fully saturated rings. The van der Waals surface area contributed by atoms with Crippen molar-refractivity contribution in [2.75, 3.05) is 5.32 Å². The van der Waals surface area contributed by atoms with Gasteiger partial charge in [0.15, 0.2) is 0 Å². The van der Waals surface area contributed by atoms with Gasteiger partial charge in [-0.05, 0) is 32.9 Å². The van der Waals surface area contributed by atoms with Crippen LogP contribution < -0.4 is 5.32 Å². The second-order valence-electron chi connectivity index (χ2n) is 4.66. The van der Waals surface area contributed by atoms with Crippen LogP contribution in [0.15, 0.2) is 24.4 Å². The van der Waals surface area contributed by atoms with Crippen molar-refractivity contribution in [2.24, 2.45) is 0 Å². The van der Waals surface area contributed by atoms with Gasteiger partial charge in [0.1, 0.15) is 0 Å². The lowest BCUT2D eigenvalue weighted by Crippen LogP contribution is -2.39. The predicted octanol–water partition coefficient (Wildman–Crippen LogP) is 2.13. The molecular weight excluding hydrogens is 202 g/mol. The molecule has 0 aliphatic rings. The highest BCUT2D eigenvalue weighted by molar-refractivity contribution is 5.90. The van der Waals surface area contributed by atoms with Crippen LogP contribution in [0.2, 0.25) is 0 Å². The third-order valence-electron chi connectivity index (χ3n) is 2.92. The number of fused-ring (bicyclic) bond motifs is 1. The Morgan fingerprint density at radius 1 is 1.44 bits per heavy atom. The zero-order valence-electron chi connectivity index (χ0n) is 9.78. The van der Waals surface area contributed by atoms with E-state index in [1.807, 2.05) is 25.1 Å². The van der Waals surface area contributed by atoms with Gasteiger partial charge >= 0.3 is 0 Å². The largest absolute Gasteiger partial charge is 0.388 e. The van der Waals surface area contributed by atoms with Crippen LogP contribution >= 0.6 is 0 Å². The van der Waals surface area contributed by atoms with Crippen molar-refractivity contribution in [3.63, 3.8) is 0 Å². The Morgan fingerprint density at radius 2 is 2.19 bits per heavy atom. The summed E-state index contributed by atoms with van der Waals surface area (Å²) < 4.78 is 0. The summed E-state index contributed by atoms with van der Waals surface area (Å²) in [6, 6.07) is 5.88. The molecule has 0 saturated carbocycles. The molecule has 0 aliphatic carbocycles. The molecule has 0 saturated heterocycles. The van der Waals surface area contributed by atoms with E-state index < -0.39 is 5.60 Å². The van der Waals surface area contributed by atoms with Gasteiger partial charge in [0, 0.05) is 11.1 Å². The van der Waals surface area contributed by atoms with Crippen LogP contribution in [0.1, 0.15) is 20.8 Å². The van der Waals surface area contributed by atoms with Crippen molar-refractivity contribution in [1.29, 1.82) is 0 Å². The number of aliphatic hydroxyl groups is 1. The SMILES string of the molecule is CC(Nc1cccc2[nH]ncc12)C(C)(C)O. The summed E-state index contributed by atoms with van der Waals surface area (Å²) in [6.07, 6.45) is 1.79. The number of benzene rings is 1. The Morgan fingerprint density at radius 3 is 2.88 bits per heavy atom. The minimum absolute atomic E-state index is 0.0343. The van der Waals surface area contributed by atoms with Crippen molar-refractivity contribution in [1.82, 2.24) is 10.2 Å². The second kappa shape index (κ2) is 3.79. The standard InChI is InChI=1S/C12H17N3O/c1-8(12(2,3)16)14-10-5-4-6-11-9(10)7-13-15-11/h4-8,14,16H,1-3H3,(H,13,15). The number of nitrogens with one attached hydrogen (secondary N) is 2. The quantitative estimate of drug-likeness (QED) is 0.741. The van der Waals surface area contributed by atoms with E-state index in [1.165, 1.54) is 0 Å². The van der Waals surface area contributed by atoms with Crippen LogP contribution in [-0.4, -0.2) is 26.9 Å². The summed E-state index contributed by atoms with van der Waals surface area (Å²) in [6.45, 7) is 5.54. The number of aromatic nitrogens is 2. The highest BCUT2D eigenvalue weighted by Crippen LogP contribution is 2.23. The maximum absolute atomic E-state index is 9.88. The lowest BCUT2D eigenvalue weighted by molar-refractivity contribution is 0.0649. The van der Waals surface area contributed by atoms with Gasteiger partial charge in [-0.1, -0.05) is 6.07 Å². The van der Waals surface area contributed by atoms with Crippen molar-refractivity contribution in [2.45, 2.75) is 32.4 Å². The monoisotopic (exact) mass is 219 g/mol. The fourth-order valence-electron chi connectivity index (χ4n) is 1.50. The molecular formula is C12H17N3O.